The van der Waals surface area contributed by atoms with Crippen LogP contribution in [0.2, 0.25) is 0 Å². The van der Waals surface area contributed by atoms with Crippen molar-refractivity contribution in [1.29, 1.82) is 0 Å². The summed E-state index contributed by atoms with van der Waals surface area (Å²) >= 11 is 0. The minimum absolute atomic E-state index is 0.119. The average Bonchev–Trinajstić information content (AvgIpc) is 3.07. The summed E-state index contributed by atoms with van der Waals surface area (Å²) in [7, 11) is 4.37. The Morgan fingerprint density at radius 1 is 1.00 bits per heavy atom. The van der Waals surface area contributed by atoms with Crippen molar-refractivity contribution in [3.05, 3.63) is 69.9 Å². The van der Waals surface area contributed by atoms with E-state index in [-0.39, 0.29) is 28.6 Å². The van der Waals surface area contributed by atoms with Gasteiger partial charge in [0.25, 0.3) is 0 Å². The molecule has 1 aliphatic rings. The summed E-state index contributed by atoms with van der Waals surface area (Å²) < 4.78 is 22.2. The molecule has 0 aliphatic heterocycles. The topological polar surface area (TPSA) is 100 Å². The van der Waals surface area contributed by atoms with Gasteiger partial charge < -0.3 is 24.3 Å². The molecule has 0 saturated heterocycles. The molecule has 2 aromatic rings. The number of amides is 1. The van der Waals surface area contributed by atoms with E-state index in [1.165, 1.54) is 40.4 Å². The van der Waals surface area contributed by atoms with Crippen LogP contribution in [0.5, 0.6) is 23.0 Å². The number of hydrogen-bond acceptors (Lipinski definition) is 7. The van der Waals surface area contributed by atoms with E-state index < -0.39 is 12.0 Å². The van der Waals surface area contributed by atoms with Crippen molar-refractivity contribution in [1.82, 2.24) is 5.32 Å². The van der Waals surface area contributed by atoms with Crippen LogP contribution in [0.3, 0.4) is 0 Å². The molecule has 35 heavy (non-hydrogen) atoms. The molecule has 8 heteroatoms. The van der Waals surface area contributed by atoms with Gasteiger partial charge in [0, 0.05) is 18.6 Å². The summed E-state index contributed by atoms with van der Waals surface area (Å²) in [5.74, 6) is 0.0736. The number of aryl methyl sites for hydroxylation is 1. The molecular weight excluding hydrogens is 450 g/mol. The molecule has 0 unspecified atom stereocenters. The number of carbonyl (C=O) groups is 2. The Labute approximate surface area is 204 Å². The SMILES string of the molecule is C/C=C/C=C/C(=O)Oc1c(OC)cc2c(c1OC)-c1ccc(OC)c(=O)cc1[C@@H](NC(C)=O)CC2. The summed E-state index contributed by atoms with van der Waals surface area (Å²) in [5, 5.41) is 2.94. The fraction of sp³-hybridized carbons (Fsp3) is 0.296. The highest BCUT2D eigenvalue weighted by atomic mass is 16.6. The molecule has 0 fully saturated rings. The number of benzene rings is 1. The zero-order valence-electron chi connectivity index (χ0n) is 20.5. The minimum atomic E-state index is -0.605. The Bertz CT molecular complexity index is 1250. The van der Waals surface area contributed by atoms with Crippen LogP contribution in [-0.4, -0.2) is 33.2 Å². The third-order valence-electron chi connectivity index (χ3n) is 5.63. The molecule has 0 radical (unpaired) electrons. The molecule has 2 aromatic carbocycles. The smallest absolute Gasteiger partial charge is 0.336 e. The second kappa shape index (κ2) is 11.4. The van der Waals surface area contributed by atoms with Crippen molar-refractivity contribution in [2.24, 2.45) is 0 Å². The first kappa shape index (κ1) is 25.6. The Hall–Kier alpha value is -4.07. The summed E-state index contributed by atoms with van der Waals surface area (Å²) in [4.78, 5) is 37.3. The molecule has 1 aliphatic carbocycles. The third-order valence-corrected chi connectivity index (χ3v) is 5.63. The molecule has 0 spiro atoms. The molecule has 0 bridgehead atoms. The van der Waals surface area contributed by atoms with Gasteiger partial charge in [-0.3, -0.25) is 9.59 Å². The predicted molar refractivity (Wildman–Crippen MR) is 132 cm³/mol. The van der Waals surface area contributed by atoms with Gasteiger partial charge in [0.2, 0.25) is 17.1 Å². The van der Waals surface area contributed by atoms with Crippen LogP contribution in [0.4, 0.5) is 0 Å². The molecular formula is C27H29NO7. The van der Waals surface area contributed by atoms with E-state index in [2.05, 4.69) is 5.32 Å². The number of methoxy groups -OCH3 is 3. The number of allylic oxidation sites excluding steroid dienone is 3. The normalized spacial score (nSPS) is 14.6. The maximum atomic E-state index is 12.8. The largest absolute Gasteiger partial charge is 0.493 e. The van der Waals surface area contributed by atoms with Crippen LogP contribution in [0, 0.1) is 0 Å². The number of ether oxygens (including phenoxy) is 4. The van der Waals surface area contributed by atoms with Gasteiger partial charge in [0.05, 0.1) is 27.4 Å². The maximum absolute atomic E-state index is 12.8. The Morgan fingerprint density at radius 3 is 2.37 bits per heavy atom. The molecule has 0 aromatic heterocycles. The van der Waals surface area contributed by atoms with Gasteiger partial charge in [-0.25, -0.2) is 4.79 Å². The standard InChI is InChI=1S/C27H29NO7/c1-6-7-8-9-24(31)35-26-23(33-4)14-17-10-12-20(28-16(2)29)19-15-21(30)22(32-3)13-11-18(19)25(17)27(26)34-5/h6-9,11,13-15,20H,10,12H2,1-5H3,(H,28,29)/b7-6+,9-8+/t20-/m0/s1. The van der Waals surface area contributed by atoms with Gasteiger partial charge in [-0.1, -0.05) is 24.3 Å². The van der Waals surface area contributed by atoms with Crippen LogP contribution in [0.15, 0.2) is 53.4 Å². The van der Waals surface area contributed by atoms with Gasteiger partial charge in [-0.15, -0.1) is 0 Å². The average molecular weight is 480 g/mol. The molecule has 184 valence electrons. The van der Waals surface area contributed by atoms with Gasteiger partial charge in [0.1, 0.15) is 0 Å². The third kappa shape index (κ3) is 5.54. The number of fused-ring (bicyclic) bond motifs is 3. The number of nitrogens with one attached hydrogen (secondary N) is 1. The highest BCUT2D eigenvalue weighted by molar-refractivity contribution is 5.89. The lowest BCUT2D eigenvalue weighted by atomic mass is 9.95. The lowest BCUT2D eigenvalue weighted by Crippen LogP contribution is -2.26. The molecule has 1 amide bonds. The van der Waals surface area contributed by atoms with Crippen LogP contribution < -0.4 is 29.7 Å². The zero-order chi connectivity index (χ0) is 25.5. The Balaban J connectivity index is 2.32. The summed E-state index contributed by atoms with van der Waals surface area (Å²) in [6.45, 7) is 3.27. The van der Waals surface area contributed by atoms with Crippen molar-refractivity contribution in [2.45, 2.75) is 32.7 Å². The molecule has 0 heterocycles. The lowest BCUT2D eigenvalue weighted by Gasteiger charge is -2.20. The first-order chi connectivity index (χ1) is 16.8. The molecule has 3 rings (SSSR count). The number of hydrogen-bond donors (Lipinski definition) is 1. The van der Waals surface area contributed by atoms with Crippen molar-refractivity contribution in [3.8, 4) is 34.1 Å². The molecule has 1 N–H and O–H groups in total. The second-order valence-electron chi connectivity index (χ2n) is 7.85. The van der Waals surface area contributed by atoms with E-state index in [9.17, 15) is 14.4 Å². The van der Waals surface area contributed by atoms with E-state index >= 15 is 0 Å². The molecule has 8 nitrogen and oxygen atoms in total. The number of rotatable bonds is 7. The van der Waals surface area contributed by atoms with Crippen molar-refractivity contribution >= 4 is 11.9 Å². The Morgan fingerprint density at radius 2 is 1.74 bits per heavy atom. The number of esters is 1. The minimum Gasteiger partial charge on any atom is -0.493 e. The van der Waals surface area contributed by atoms with E-state index in [0.29, 0.717) is 35.3 Å². The zero-order valence-corrected chi connectivity index (χ0v) is 20.5. The highest BCUT2D eigenvalue weighted by Crippen LogP contribution is 2.50. The van der Waals surface area contributed by atoms with Gasteiger partial charge >= 0.3 is 5.97 Å². The first-order valence-corrected chi connectivity index (χ1v) is 11.1. The quantitative estimate of drug-likeness (QED) is 0.278. The van der Waals surface area contributed by atoms with Gasteiger partial charge in [0.15, 0.2) is 17.2 Å². The van der Waals surface area contributed by atoms with E-state index in [1.807, 2.05) is 6.92 Å². The van der Waals surface area contributed by atoms with Crippen molar-refractivity contribution < 1.29 is 28.5 Å². The fourth-order valence-electron chi connectivity index (χ4n) is 4.15. The van der Waals surface area contributed by atoms with Crippen LogP contribution >= 0.6 is 0 Å². The van der Waals surface area contributed by atoms with E-state index in [4.69, 9.17) is 18.9 Å². The van der Waals surface area contributed by atoms with E-state index in [1.54, 1.807) is 36.4 Å². The second-order valence-corrected chi connectivity index (χ2v) is 7.85. The lowest BCUT2D eigenvalue weighted by molar-refractivity contribution is -0.129. The molecule has 0 saturated carbocycles. The maximum Gasteiger partial charge on any atom is 0.336 e. The summed E-state index contributed by atoms with van der Waals surface area (Å²) in [6, 6.07) is 6.17. The fourth-order valence-corrected chi connectivity index (χ4v) is 4.15. The number of carbonyl (C=O) groups excluding carboxylic acids is 2. The van der Waals surface area contributed by atoms with Crippen molar-refractivity contribution in [3.63, 3.8) is 0 Å². The monoisotopic (exact) mass is 479 g/mol. The van der Waals surface area contributed by atoms with Crippen LogP contribution in [0.1, 0.15) is 37.4 Å². The van der Waals surface area contributed by atoms with E-state index in [0.717, 1.165) is 5.56 Å². The molecule has 1 atom stereocenters. The van der Waals surface area contributed by atoms with Crippen LogP contribution in [-0.2, 0) is 16.0 Å². The highest BCUT2D eigenvalue weighted by Gasteiger charge is 2.30. The predicted octanol–water partition coefficient (Wildman–Crippen LogP) is 3.90. The van der Waals surface area contributed by atoms with Gasteiger partial charge in [-0.05, 0) is 54.7 Å². The Kier molecular flexibility index (Phi) is 8.30. The van der Waals surface area contributed by atoms with Crippen molar-refractivity contribution in [2.75, 3.05) is 21.3 Å². The first-order valence-electron chi connectivity index (χ1n) is 11.1. The van der Waals surface area contributed by atoms with Crippen LogP contribution in [0.25, 0.3) is 11.1 Å². The summed E-state index contributed by atoms with van der Waals surface area (Å²) in [6.07, 6.45) is 7.43. The van der Waals surface area contributed by atoms with Gasteiger partial charge in [-0.2, -0.15) is 0 Å². The summed E-state index contributed by atoms with van der Waals surface area (Å²) in [5.41, 5.74) is 2.45.